The van der Waals surface area contributed by atoms with Gasteiger partial charge in [-0.2, -0.15) is 11.3 Å². The summed E-state index contributed by atoms with van der Waals surface area (Å²) in [4.78, 5) is 15.6. The molecule has 0 aliphatic rings. The Morgan fingerprint density at radius 2 is 2.33 bits per heavy atom. The molecule has 1 atom stereocenters. The van der Waals surface area contributed by atoms with Crippen molar-refractivity contribution in [3.63, 3.8) is 0 Å². The lowest BCUT2D eigenvalue weighted by Crippen LogP contribution is -2.28. The largest absolute Gasteiger partial charge is 0.397 e. The number of rotatable bonds is 4. The van der Waals surface area contributed by atoms with Crippen molar-refractivity contribution in [1.82, 2.24) is 10.3 Å². The van der Waals surface area contributed by atoms with Gasteiger partial charge in [0.15, 0.2) is 0 Å². The molecular weight excluding hydrogens is 250 g/mol. The van der Waals surface area contributed by atoms with Crippen molar-refractivity contribution < 1.29 is 9.90 Å². The molecule has 0 fully saturated rings. The van der Waals surface area contributed by atoms with E-state index in [1.807, 2.05) is 16.8 Å². The third-order valence-corrected chi connectivity index (χ3v) is 3.10. The van der Waals surface area contributed by atoms with E-state index in [-0.39, 0.29) is 18.1 Å². The number of aromatic nitrogens is 1. The molecule has 2 rings (SSSR count). The average Bonchev–Trinajstić information content (AvgIpc) is 2.90. The highest BCUT2D eigenvalue weighted by Crippen LogP contribution is 2.15. The maximum atomic E-state index is 11.7. The van der Waals surface area contributed by atoms with Crippen LogP contribution in [0.2, 0.25) is 0 Å². The molecule has 2 heterocycles. The molecule has 1 unspecified atom stereocenters. The Kier molecular flexibility index (Phi) is 3.91. The summed E-state index contributed by atoms with van der Waals surface area (Å²) < 4.78 is 0. The Morgan fingerprint density at radius 1 is 1.50 bits per heavy atom. The third kappa shape index (κ3) is 3.06. The minimum atomic E-state index is -0.700. The van der Waals surface area contributed by atoms with Gasteiger partial charge in [0.05, 0.1) is 18.0 Å². The average molecular weight is 263 g/mol. The Balaban J connectivity index is 1.90. The molecule has 94 valence electrons. The molecule has 5 nitrogen and oxygen atoms in total. The fourth-order valence-corrected chi connectivity index (χ4v) is 2.11. The van der Waals surface area contributed by atoms with Gasteiger partial charge in [0, 0.05) is 6.54 Å². The molecule has 0 aliphatic heterocycles. The topological polar surface area (TPSA) is 88.2 Å². The molecule has 0 bridgehead atoms. The first kappa shape index (κ1) is 12.5. The molecule has 4 N–H and O–H groups in total. The quantitative estimate of drug-likeness (QED) is 0.773. The lowest BCUT2D eigenvalue weighted by atomic mass is 10.2. The Hall–Kier alpha value is -1.92. The van der Waals surface area contributed by atoms with Gasteiger partial charge in [-0.25, -0.2) is 4.98 Å². The molecule has 1 amide bonds. The number of nitrogens with zero attached hydrogens (tertiary/aromatic N) is 1. The van der Waals surface area contributed by atoms with Crippen molar-refractivity contribution in [3.8, 4) is 0 Å². The minimum absolute atomic E-state index is 0.154. The van der Waals surface area contributed by atoms with Crippen LogP contribution in [0, 0.1) is 0 Å². The number of hydrogen-bond acceptors (Lipinski definition) is 5. The first-order chi connectivity index (χ1) is 8.66. The Morgan fingerprint density at radius 3 is 2.94 bits per heavy atom. The van der Waals surface area contributed by atoms with Crippen LogP contribution in [0.4, 0.5) is 5.69 Å². The zero-order valence-corrected chi connectivity index (χ0v) is 10.4. The molecule has 0 aromatic carbocycles. The molecule has 0 saturated carbocycles. The highest BCUT2D eigenvalue weighted by Gasteiger charge is 2.11. The van der Waals surface area contributed by atoms with Crippen LogP contribution < -0.4 is 11.1 Å². The van der Waals surface area contributed by atoms with Crippen molar-refractivity contribution in [2.45, 2.75) is 6.10 Å². The van der Waals surface area contributed by atoms with Crippen molar-refractivity contribution >= 4 is 22.9 Å². The summed E-state index contributed by atoms with van der Waals surface area (Å²) >= 11 is 1.50. The van der Waals surface area contributed by atoms with Crippen LogP contribution in [0.15, 0.2) is 35.2 Å². The van der Waals surface area contributed by atoms with E-state index in [0.29, 0.717) is 5.69 Å². The van der Waals surface area contributed by atoms with E-state index >= 15 is 0 Å². The zero-order valence-electron chi connectivity index (χ0n) is 9.54. The number of thiophene rings is 1. The molecular formula is C12H13N3O2S. The van der Waals surface area contributed by atoms with Gasteiger partial charge >= 0.3 is 0 Å². The van der Waals surface area contributed by atoms with E-state index in [2.05, 4.69) is 10.3 Å². The van der Waals surface area contributed by atoms with Gasteiger partial charge in [-0.1, -0.05) is 0 Å². The number of anilines is 1. The number of nitrogens with two attached hydrogens (primary N) is 1. The van der Waals surface area contributed by atoms with E-state index in [1.54, 1.807) is 12.1 Å². The number of hydrogen-bond donors (Lipinski definition) is 3. The summed E-state index contributed by atoms with van der Waals surface area (Å²) in [6.07, 6.45) is 0.721. The number of aliphatic hydroxyl groups is 1. The molecule has 0 spiro atoms. The summed E-state index contributed by atoms with van der Waals surface area (Å²) in [5, 5.41) is 16.1. The van der Waals surface area contributed by atoms with Crippen LogP contribution in [0.1, 0.15) is 22.2 Å². The summed E-state index contributed by atoms with van der Waals surface area (Å²) in [5.41, 5.74) is 7.06. The lowest BCUT2D eigenvalue weighted by molar-refractivity contribution is 0.0911. The number of carbonyl (C=O) groups excluding carboxylic acids is 1. The van der Waals surface area contributed by atoms with E-state index in [1.165, 1.54) is 17.5 Å². The predicted octanol–water partition coefficient (Wildman–Crippen LogP) is 1.19. The van der Waals surface area contributed by atoms with Gasteiger partial charge in [-0.3, -0.25) is 4.79 Å². The van der Waals surface area contributed by atoms with E-state index in [9.17, 15) is 9.90 Å². The fraction of sp³-hybridized carbons (Fsp3) is 0.167. The zero-order chi connectivity index (χ0) is 13.0. The normalized spacial score (nSPS) is 12.1. The third-order valence-electron chi connectivity index (χ3n) is 2.40. The van der Waals surface area contributed by atoms with Gasteiger partial charge in [-0.05, 0) is 34.5 Å². The molecule has 6 heteroatoms. The second-order valence-corrected chi connectivity index (χ2v) is 4.54. The van der Waals surface area contributed by atoms with Crippen molar-refractivity contribution in [2.75, 3.05) is 12.3 Å². The van der Waals surface area contributed by atoms with Gasteiger partial charge in [0.25, 0.3) is 5.91 Å². The monoisotopic (exact) mass is 263 g/mol. The predicted molar refractivity (Wildman–Crippen MR) is 70.3 cm³/mol. The minimum Gasteiger partial charge on any atom is -0.397 e. The van der Waals surface area contributed by atoms with E-state index in [4.69, 9.17) is 5.73 Å². The summed E-state index contributed by atoms with van der Waals surface area (Å²) in [7, 11) is 0. The lowest BCUT2D eigenvalue weighted by Gasteiger charge is -2.10. The van der Waals surface area contributed by atoms with E-state index < -0.39 is 6.10 Å². The first-order valence-electron chi connectivity index (χ1n) is 5.36. The summed E-state index contributed by atoms with van der Waals surface area (Å²) in [6.45, 7) is 0.154. The highest BCUT2D eigenvalue weighted by molar-refractivity contribution is 7.07. The van der Waals surface area contributed by atoms with Gasteiger partial charge in [0.2, 0.25) is 0 Å². The molecule has 2 aromatic rings. The van der Waals surface area contributed by atoms with Crippen LogP contribution >= 0.6 is 11.3 Å². The highest BCUT2D eigenvalue weighted by atomic mass is 32.1. The molecule has 18 heavy (non-hydrogen) atoms. The molecule has 0 saturated heterocycles. The second-order valence-electron chi connectivity index (χ2n) is 3.76. The van der Waals surface area contributed by atoms with Crippen molar-refractivity contribution in [1.29, 1.82) is 0 Å². The van der Waals surface area contributed by atoms with Gasteiger partial charge in [-0.15, -0.1) is 0 Å². The maximum Gasteiger partial charge on any atom is 0.269 e. The first-order valence-corrected chi connectivity index (χ1v) is 6.31. The summed E-state index contributed by atoms with van der Waals surface area (Å²) in [6, 6.07) is 4.97. The number of amides is 1. The number of nitrogen functional groups attached to an aromatic ring is 1. The number of pyridine rings is 1. The van der Waals surface area contributed by atoms with E-state index in [0.717, 1.165) is 5.56 Å². The fourth-order valence-electron chi connectivity index (χ4n) is 1.40. The number of carbonyl (C=O) groups is 1. The van der Waals surface area contributed by atoms with Gasteiger partial charge in [0.1, 0.15) is 5.69 Å². The van der Waals surface area contributed by atoms with Crippen LogP contribution in [-0.4, -0.2) is 22.5 Å². The SMILES string of the molecule is Nc1ccc(C(=O)NCC(O)c2ccsc2)nc1. The van der Waals surface area contributed by atoms with Crippen LogP contribution in [0.5, 0.6) is 0 Å². The van der Waals surface area contributed by atoms with Crippen molar-refractivity contribution in [2.24, 2.45) is 0 Å². The van der Waals surface area contributed by atoms with Crippen LogP contribution in [0.25, 0.3) is 0 Å². The number of nitrogens with one attached hydrogen (secondary N) is 1. The smallest absolute Gasteiger partial charge is 0.269 e. The standard InChI is InChI=1S/C12H13N3O2S/c13-9-1-2-10(14-5-9)12(17)15-6-11(16)8-3-4-18-7-8/h1-5,7,11,16H,6,13H2,(H,15,17). The molecule has 0 aliphatic carbocycles. The Labute approximate surface area is 108 Å². The maximum absolute atomic E-state index is 11.7. The van der Waals surface area contributed by atoms with Gasteiger partial charge < -0.3 is 16.2 Å². The second kappa shape index (κ2) is 5.61. The Bertz CT molecular complexity index is 511. The van der Waals surface area contributed by atoms with Crippen LogP contribution in [-0.2, 0) is 0 Å². The van der Waals surface area contributed by atoms with Crippen LogP contribution in [0.3, 0.4) is 0 Å². The molecule has 2 aromatic heterocycles. The number of aliphatic hydroxyl groups excluding tert-OH is 1. The summed E-state index contributed by atoms with van der Waals surface area (Å²) in [5.74, 6) is -0.329. The molecule has 0 radical (unpaired) electrons. The van der Waals surface area contributed by atoms with Crippen molar-refractivity contribution in [3.05, 3.63) is 46.4 Å².